The number of anilines is 1. The molecule has 1 atom stereocenters. The summed E-state index contributed by atoms with van der Waals surface area (Å²) in [6.07, 6.45) is 5.01. The summed E-state index contributed by atoms with van der Waals surface area (Å²) in [5.74, 6) is 0.681. The van der Waals surface area contributed by atoms with Gasteiger partial charge in [-0.2, -0.15) is 0 Å². The van der Waals surface area contributed by atoms with E-state index in [1.165, 1.54) is 24.2 Å². The number of hydrogen-bond donors (Lipinski definition) is 1. The standard InChI is InChI=1S/C17H22N2O3S/c1-3-14(22-11-6-4-5-7-11)16(20)19-17-18-13-9-8-12(21-2)10-15(13)23-17/h8-11,14H,3-7H2,1-2H3,(H,18,19,20). The van der Waals surface area contributed by atoms with Crippen LogP contribution in [0.1, 0.15) is 39.0 Å². The van der Waals surface area contributed by atoms with E-state index in [-0.39, 0.29) is 12.0 Å². The molecule has 1 amide bonds. The lowest BCUT2D eigenvalue weighted by Crippen LogP contribution is -2.32. The third kappa shape index (κ3) is 3.82. The fourth-order valence-electron chi connectivity index (χ4n) is 2.87. The van der Waals surface area contributed by atoms with E-state index in [0.717, 1.165) is 28.8 Å². The molecule has 1 aromatic heterocycles. The first-order valence-electron chi connectivity index (χ1n) is 8.10. The lowest BCUT2D eigenvalue weighted by molar-refractivity contribution is -0.131. The van der Waals surface area contributed by atoms with Crippen LogP contribution in [0, 0.1) is 0 Å². The summed E-state index contributed by atoms with van der Waals surface area (Å²) in [4.78, 5) is 16.9. The van der Waals surface area contributed by atoms with E-state index < -0.39 is 6.10 Å². The minimum Gasteiger partial charge on any atom is -0.497 e. The van der Waals surface area contributed by atoms with Crippen LogP contribution in [0.25, 0.3) is 10.2 Å². The maximum absolute atomic E-state index is 12.4. The molecule has 0 bridgehead atoms. The summed E-state index contributed by atoms with van der Waals surface area (Å²) in [7, 11) is 1.64. The molecular weight excluding hydrogens is 312 g/mol. The molecule has 1 aliphatic carbocycles. The van der Waals surface area contributed by atoms with E-state index in [9.17, 15) is 4.79 Å². The number of aromatic nitrogens is 1. The van der Waals surface area contributed by atoms with Gasteiger partial charge in [0.2, 0.25) is 0 Å². The third-order valence-corrected chi connectivity index (χ3v) is 5.08. The first kappa shape index (κ1) is 16.2. The first-order valence-corrected chi connectivity index (χ1v) is 8.92. The van der Waals surface area contributed by atoms with Gasteiger partial charge in [0.15, 0.2) is 5.13 Å². The van der Waals surface area contributed by atoms with Crippen molar-refractivity contribution < 1.29 is 14.3 Å². The molecule has 1 unspecified atom stereocenters. The number of ether oxygens (including phenoxy) is 2. The van der Waals surface area contributed by atoms with Gasteiger partial charge in [-0.1, -0.05) is 31.1 Å². The quantitative estimate of drug-likeness (QED) is 0.868. The summed E-state index contributed by atoms with van der Waals surface area (Å²) in [6, 6.07) is 5.69. The molecule has 23 heavy (non-hydrogen) atoms. The monoisotopic (exact) mass is 334 g/mol. The average molecular weight is 334 g/mol. The average Bonchev–Trinajstić information content (AvgIpc) is 3.20. The van der Waals surface area contributed by atoms with Gasteiger partial charge in [0.1, 0.15) is 11.9 Å². The molecule has 1 heterocycles. The van der Waals surface area contributed by atoms with Crippen LogP contribution < -0.4 is 10.1 Å². The zero-order chi connectivity index (χ0) is 16.2. The van der Waals surface area contributed by atoms with Gasteiger partial charge in [-0.15, -0.1) is 0 Å². The molecule has 2 aromatic rings. The largest absolute Gasteiger partial charge is 0.497 e. The van der Waals surface area contributed by atoms with Crippen LogP contribution >= 0.6 is 11.3 Å². The number of carbonyl (C=O) groups is 1. The van der Waals surface area contributed by atoms with Crippen LogP contribution in [0.15, 0.2) is 18.2 Å². The molecule has 124 valence electrons. The highest BCUT2D eigenvalue weighted by atomic mass is 32.1. The SMILES string of the molecule is CCC(OC1CCCC1)C(=O)Nc1nc2ccc(OC)cc2s1. The molecule has 1 aliphatic rings. The van der Waals surface area contributed by atoms with E-state index in [4.69, 9.17) is 9.47 Å². The molecule has 1 aromatic carbocycles. The van der Waals surface area contributed by atoms with Gasteiger partial charge in [0.25, 0.3) is 5.91 Å². The number of benzene rings is 1. The van der Waals surface area contributed by atoms with Crippen LogP contribution in [0.2, 0.25) is 0 Å². The second kappa shape index (κ2) is 7.27. The molecule has 0 saturated heterocycles. The van der Waals surface area contributed by atoms with E-state index in [1.54, 1.807) is 7.11 Å². The summed E-state index contributed by atoms with van der Waals surface area (Å²) in [6.45, 7) is 1.97. The van der Waals surface area contributed by atoms with Crippen LogP contribution in [-0.4, -0.2) is 30.2 Å². The Bertz CT molecular complexity index is 680. The minimum atomic E-state index is -0.403. The van der Waals surface area contributed by atoms with Crippen molar-refractivity contribution in [3.05, 3.63) is 18.2 Å². The second-order valence-corrected chi connectivity index (χ2v) is 6.81. The smallest absolute Gasteiger partial charge is 0.255 e. The predicted octanol–water partition coefficient (Wildman–Crippen LogP) is 3.98. The number of hydrogen-bond acceptors (Lipinski definition) is 5. The highest BCUT2D eigenvalue weighted by molar-refractivity contribution is 7.22. The first-order chi connectivity index (χ1) is 11.2. The summed E-state index contributed by atoms with van der Waals surface area (Å²) in [5, 5.41) is 3.50. The molecule has 0 radical (unpaired) electrons. The second-order valence-electron chi connectivity index (χ2n) is 5.78. The molecule has 1 N–H and O–H groups in total. The van der Waals surface area contributed by atoms with Crippen LogP contribution in [0.4, 0.5) is 5.13 Å². The fourth-order valence-corrected chi connectivity index (χ4v) is 3.77. The van der Waals surface area contributed by atoms with Gasteiger partial charge >= 0.3 is 0 Å². The molecule has 1 fully saturated rings. The predicted molar refractivity (Wildman–Crippen MR) is 92.2 cm³/mol. The molecule has 0 aliphatic heterocycles. The van der Waals surface area contributed by atoms with E-state index in [1.807, 2.05) is 25.1 Å². The van der Waals surface area contributed by atoms with Gasteiger partial charge in [-0.25, -0.2) is 4.98 Å². The van der Waals surface area contributed by atoms with Crippen molar-refractivity contribution in [1.82, 2.24) is 4.98 Å². The normalized spacial score (nSPS) is 16.6. The number of nitrogens with zero attached hydrogens (tertiary/aromatic N) is 1. The number of fused-ring (bicyclic) bond motifs is 1. The van der Waals surface area contributed by atoms with E-state index in [2.05, 4.69) is 10.3 Å². The zero-order valence-corrected chi connectivity index (χ0v) is 14.3. The zero-order valence-electron chi connectivity index (χ0n) is 13.5. The van der Waals surface area contributed by atoms with E-state index in [0.29, 0.717) is 11.6 Å². The number of methoxy groups -OCH3 is 1. The molecule has 0 spiro atoms. The van der Waals surface area contributed by atoms with Crippen molar-refractivity contribution >= 4 is 32.6 Å². The fraction of sp³-hybridized carbons (Fsp3) is 0.529. The lowest BCUT2D eigenvalue weighted by atomic mass is 10.2. The van der Waals surface area contributed by atoms with Crippen LogP contribution in [0.3, 0.4) is 0 Å². The Morgan fingerprint density at radius 3 is 2.91 bits per heavy atom. The van der Waals surface area contributed by atoms with Crippen molar-refractivity contribution in [1.29, 1.82) is 0 Å². The minimum absolute atomic E-state index is 0.106. The van der Waals surface area contributed by atoms with Gasteiger partial charge in [-0.05, 0) is 37.5 Å². The van der Waals surface area contributed by atoms with Gasteiger partial charge in [0.05, 0.1) is 23.4 Å². The Labute approximate surface area is 140 Å². The summed E-state index contributed by atoms with van der Waals surface area (Å²) >= 11 is 1.45. The molecule has 5 nitrogen and oxygen atoms in total. The van der Waals surface area contributed by atoms with Gasteiger partial charge in [-0.3, -0.25) is 10.1 Å². The Hall–Kier alpha value is -1.66. The van der Waals surface area contributed by atoms with E-state index >= 15 is 0 Å². The Morgan fingerprint density at radius 1 is 1.43 bits per heavy atom. The Balaban J connectivity index is 1.68. The van der Waals surface area contributed by atoms with Crippen molar-refractivity contribution in [2.24, 2.45) is 0 Å². The van der Waals surface area contributed by atoms with Crippen molar-refractivity contribution in [2.45, 2.75) is 51.2 Å². The van der Waals surface area contributed by atoms with Crippen LogP contribution in [-0.2, 0) is 9.53 Å². The maximum Gasteiger partial charge on any atom is 0.255 e. The molecule has 1 saturated carbocycles. The number of amides is 1. The molecule has 6 heteroatoms. The topological polar surface area (TPSA) is 60.5 Å². The maximum atomic E-state index is 12.4. The van der Waals surface area contributed by atoms with Crippen molar-refractivity contribution in [2.75, 3.05) is 12.4 Å². The summed E-state index contributed by atoms with van der Waals surface area (Å²) < 4.78 is 12.2. The number of nitrogens with one attached hydrogen (secondary N) is 1. The highest BCUT2D eigenvalue weighted by Crippen LogP contribution is 2.29. The molecular formula is C17H22N2O3S. The number of rotatable bonds is 6. The van der Waals surface area contributed by atoms with Crippen molar-refractivity contribution in [3.63, 3.8) is 0 Å². The summed E-state index contributed by atoms with van der Waals surface area (Å²) in [5.41, 5.74) is 0.857. The van der Waals surface area contributed by atoms with Gasteiger partial charge < -0.3 is 9.47 Å². The highest BCUT2D eigenvalue weighted by Gasteiger charge is 2.25. The molecule has 3 rings (SSSR count). The Kier molecular flexibility index (Phi) is 5.13. The van der Waals surface area contributed by atoms with Gasteiger partial charge in [0, 0.05) is 0 Å². The number of carbonyl (C=O) groups excluding carboxylic acids is 1. The van der Waals surface area contributed by atoms with Crippen LogP contribution in [0.5, 0.6) is 5.75 Å². The van der Waals surface area contributed by atoms with Crippen molar-refractivity contribution in [3.8, 4) is 5.75 Å². The Morgan fingerprint density at radius 2 is 2.22 bits per heavy atom. The third-order valence-electron chi connectivity index (χ3n) is 4.15. The lowest BCUT2D eigenvalue weighted by Gasteiger charge is -2.19. The number of thiazole rings is 1.